The Morgan fingerprint density at radius 1 is 0.712 bits per heavy atom. The molecule has 0 aliphatic rings. The minimum absolute atomic E-state index is 0. The molecule has 5 aromatic rings. The van der Waals surface area contributed by atoms with Crippen LogP contribution in [0.2, 0.25) is 25.2 Å². The van der Waals surface area contributed by atoms with E-state index < -0.39 is 35.9 Å². The molecule has 11 N–H and O–H groups in total. The zero-order valence-electron chi connectivity index (χ0n) is 29.0. The number of carbonyl (C=O) groups excluding carboxylic acids is 2. The van der Waals surface area contributed by atoms with Gasteiger partial charge in [-0.3, -0.25) is 41.7 Å². The number of carbonyl (C=O) groups is 4. The van der Waals surface area contributed by atoms with Crippen molar-refractivity contribution in [2.75, 3.05) is 10.9 Å². The first-order valence-corrected chi connectivity index (χ1v) is 17.9. The smallest absolute Gasteiger partial charge is 0.312 e. The molecule has 0 atom stereocenters. The summed E-state index contributed by atoms with van der Waals surface area (Å²) in [5.74, 6) is 11.3. The molecule has 3 radical (unpaired) electrons. The van der Waals surface area contributed by atoms with Gasteiger partial charge in [0.1, 0.15) is 27.2 Å². The number of nitrogens with zero attached hydrogens (tertiary/aromatic N) is 6. The second kappa shape index (κ2) is 39.7. The summed E-state index contributed by atoms with van der Waals surface area (Å²) in [6.07, 6.45) is 5.15. The average molecular weight is 1260 g/mol. The van der Waals surface area contributed by atoms with Gasteiger partial charge in [0.2, 0.25) is 11.1 Å². The number of nitrogens with two attached hydrogens (primary N) is 3. The first kappa shape index (κ1) is 67.0. The summed E-state index contributed by atoms with van der Waals surface area (Å²) >= 11 is 39.6. The molecule has 29 heteroatoms. The van der Waals surface area contributed by atoms with Crippen LogP contribution in [0.3, 0.4) is 0 Å². The Morgan fingerprint density at radius 3 is 1.47 bits per heavy atom. The zero-order valence-corrected chi connectivity index (χ0v) is 43.8. The van der Waals surface area contributed by atoms with E-state index in [4.69, 9.17) is 74.1 Å². The number of aromatic nitrogens is 6. The van der Waals surface area contributed by atoms with E-state index in [0.717, 1.165) is 9.21 Å². The number of halogens is 8. The Kier molecular flexibility index (Phi) is 45.0. The van der Waals surface area contributed by atoms with Crippen LogP contribution in [0.25, 0.3) is 5.82 Å². The molecule has 0 saturated heterocycles. The molecule has 5 rings (SSSR count). The molecule has 0 saturated carbocycles. The number of anilines is 2. The van der Waals surface area contributed by atoms with Gasteiger partial charge in [-0.05, 0) is 92.0 Å². The van der Waals surface area contributed by atoms with Crippen LogP contribution in [0.1, 0.15) is 20.3 Å². The second-order valence-electron chi connectivity index (χ2n) is 8.77. The maximum Gasteiger partial charge on any atom is 0.312 e. The minimum atomic E-state index is -1.21. The van der Waals surface area contributed by atoms with E-state index >= 15 is 0 Å². The quantitative estimate of drug-likeness (QED) is 0.0251. The fourth-order valence-corrected chi connectivity index (χ4v) is 4.83. The van der Waals surface area contributed by atoms with E-state index in [-0.39, 0.29) is 97.2 Å². The van der Waals surface area contributed by atoms with E-state index in [1.165, 1.54) is 6.20 Å². The number of hydrogen-bond donors (Lipinski definition) is 8. The number of carboxylic acids is 2. The summed E-state index contributed by atoms with van der Waals surface area (Å²) < 4.78 is 3.14. The van der Waals surface area contributed by atoms with Crippen LogP contribution < -0.4 is 33.8 Å². The Morgan fingerprint density at radius 2 is 1.15 bits per heavy atom. The van der Waals surface area contributed by atoms with Crippen molar-refractivity contribution in [2.45, 2.75) is 20.3 Å². The summed E-state index contributed by atoms with van der Waals surface area (Å²) in [7, 11) is 0. The largest absolute Gasteiger partial charge is 0.481 e. The van der Waals surface area contributed by atoms with E-state index in [1.807, 2.05) is 6.07 Å². The number of hydrogen-bond acceptors (Lipinski definition) is 14. The molecule has 59 heavy (non-hydrogen) atoms. The van der Waals surface area contributed by atoms with Gasteiger partial charge in [0.05, 0.1) is 20.1 Å². The van der Waals surface area contributed by atoms with Crippen molar-refractivity contribution in [3.8, 4) is 5.82 Å². The van der Waals surface area contributed by atoms with Gasteiger partial charge in [0.15, 0.2) is 17.5 Å². The van der Waals surface area contributed by atoms with Gasteiger partial charge in [0, 0.05) is 115 Å². The van der Waals surface area contributed by atoms with Crippen LogP contribution in [0, 0.1) is 0 Å². The maximum absolute atomic E-state index is 10.9. The third-order valence-corrected chi connectivity index (χ3v) is 7.56. The number of amides is 1. The fourth-order valence-electron chi connectivity index (χ4n) is 2.78. The number of nitrogen functional groups attached to an aromatic ring is 1. The molecule has 0 fully saturated rings. The normalized spacial score (nSPS) is 8.59. The molecule has 1 amide bonds. The van der Waals surface area contributed by atoms with Crippen LogP contribution in [0.4, 0.5) is 11.6 Å². The molecular weight excluding hydrogens is 1230 g/mol. The van der Waals surface area contributed by atoms with Crippen molar-refractivity contribution in [1.29, 1.82) is 0 Å². The van der Waals surface area contributed by atoms with Gasteiger partial charge >= 0.3 is 11.9 Å². The summed E-state index contributed by atoms with van der Waals surface area (Å²) in [6.45, 7) is 0. The number of aliphatic carboxylic acids is 2. The Balaban J connectivity index is -0.000000206. The van der Waals surface area contributed by atoms with Crippen molar-refractivity contribution in [3.05, 3.63) is 114 Å². The molecule has 18 nitrogen and oxygen atoms in total. The van der Waals surface area contributed by atoms with Gasteiger partial charge in [-0.15, -0.1) is 0 Å². The number of pyridine rings is 4. The summed E-state index contributed by atoms with van der Waals surface area (Å²) in [6, 6.07) is 15.5. The van der Waals surface area contributed by atoms with Gasteiger partial charge in [0.25, 0.3) is 0 Å². The van der Waals surface area contributed by atoms with E-state index in [0.29, 0.717) is 36.9 Å². The molecule has 5 heterocycles. The number of carboxylic acid groups (broad SMARTS) is 2. The predicted molar refractivity (Wildman–Crippen MR) is 225 cm³/mol. The van der Waals surface area contributed by atoms with Crippen molar-refractivity contribution in [2.24, 2.45) is 17.5 Å². The number of nitrogens with one attached hydrogen (secondary N) is 3. The molecule has 0 aliphatic carbocycles. The van der Waals surface area contributed by atoms with Crippen molar-refractivity contribution in [3.63, 3.8) is 0 Å². The number of rotatable bonds is 8. The Hall–Kier alpha value is -1.14. The van der Waals surface area contributed by atoms with Crippen molar-refractivity contribution < 1.29 is 113 Å². The van der Waals surface area contributed by atoms with Crippen molar-refractivity contribution in [1.82, 2.24) is 35.1 Å². The zero-order chi connectivity index (χ0) is 41.9. The molecule has 5 aromatic heterocycles. The third kappa shape index (κ3) is 31.4. The topological polar surface area (TPSA) is 292 Å². The van der Waals surface area contributed by atoms with Crippen LogP contribution in [0.5, 0.6) is 0 Å². The first-order valence-electron chi connectivity index (χ1n) is 14.0. The molecule has 0 unspecified atom stereocenters. The molecule has 0 spiro atoms. The first-order chi connectivity index (χ1) is 26.0. The van der Waals surface area contributed by atoms with E-state index in [1.54, 1.807) is 71.8 Å². The predicted octanol–water partition coefficient (Wildman–Crippen LogP) is 7.18. The summed E-state index contributed by atoms with van der Waals surface area (Å²) in [5.41, 5.74) is 6.92. The Bertz CT molecular complexity index is 1960. The third-order valence-electron chi connectivity index (χ3n) is 4.87. The SMILES string of the molecule is C.Clc1cccnc1-n1nc(Br)cc1Br.Clc1cccnc1Cl.NN.NNc1ncccc1Cl.O=C(O)CC(=O)Cl.O=C(O)CC(=O)NNc1ncccc1Cl.[V].[Y].[Y]. The van der Waals surface area contributed by atoms with E-state index in [9.17, 15) is 19.2 Å². The van der Waals surface area contributed by atoms with Crippen LogP contribution in [0.15, 0.2) is 88.6 Å². The standard InChI is InChI=1S/C8H4Br2ClN3.C8H8ClN3O3.C5H3Cl2N.C5H6ClN3.C3H3ClO3.CH4.H4N2.V.2Y/c9-6-4-7(10)14(13-6)8-5(11)2-1-3-12-8;9-5-2-1-3-10-8(5)12-11-6(13)4-7(14)15;6-4-2-1-3-8-5(4)7;6-4-2-1-3-8-5(4)9-7;4-2(5)1-3(6)7;;1-2;;;/h1-4H;1-3H,4H2,(H,10,12)(H,11,13)(H,14,15);1-3H;1-3H,7H2,(H,8,9);1H2,(H,6,7);1H4;1-2H2;;;. The molecule has 315 valence electrons. The number of hydrazine groups is 3. The summed E-state index contributed by atoms with van der Waals surface area (Å²) in [4.78, 5) is 55.7. The summed E-state index contributed by atoms with van der Waals surface area (Å²) in [5, 5.41) is 21.7. The molecular formula is C30H32Br2Cl6N12O6VY2. The van der Waals surface area contributed by atoms with E-state index in [2.05, 4.69) is 96.5 Å². The van der Waals surface area contributed by atoms with Gasteiger partial charge in [-0.2, -0.15) is 5.10 Å². The fraction of sp³-hybridized carbons (Fsp3) is 0.100. The monoisotopic (exact) mass is 1250 g/mol. The average Bonchev–Trinajstić information content (AvgIpc) is 3.47. The minimum Gasteiger partial charge on any atom is -0.481 e. The van der Waals surface area contributed by atoms with Gasteiger partial charge in [-0.25, -0.2) is 30.5 Å². The van der Waals surface area contributed by atoms with Gasteiger partial charge in [-0.1, -0.05) is 65.4 Å². The molecule has 0 bridgehead atoms. The van der Waals surface area contributed by atoms with Gasteiger partial charge < -0.3 is 15.6 Å². The maximum atomic E-state index is 10.9. The van der Waals surface area contributed by atoms with Crippen LogP contribution in [-0.2, 0) is 103 Å². The van der Waals surface area contributed by atoms with Crippen LogP contribution >= 0.6 is 101 Å². The molecule has 0 aliphatic heterocycles. The van der Waals surface area contributed by atoms with Crippen molar-refractivity contribution >= 4 is 136 Å². The van der Waals surface area contributed by atoms with Crippen LogP contribution in [-0.4, -0.2) is 63.0 Å². The second-order valence-corrected chi connectivity index (χ2v) is 12.8. The molecule has 0 aromatic carbocycles. The Labute approximate surface area is 447 Å².